The predicted molar refractivity (Wildman–Crippen MR) is 97.5 cm³/mol. The van der Waals surface area contributed by atoms with Crippen molar-refractivity contribution >= 4 is 11.7 Å². The molecule has 0 saturated heterocycles. The van der Waals surface area contributed by atoms with Crippen molar-refractivity contribution < 1.29 is 23.6 Å². The lowest BCUT2D eigenvalue weighted by Gasteiger charge is -2.08. The maximum Gasteiger partial charge on any atom is 0.374 e. The van der Waals surface area contributed by atoms with Gasteiger partial charge in [-0.1, -0.05) is 24.3 Å². The zero-order valence-corrected chi connectivity index (χ0v) is 14.6. The molecule has 7 heteroatoms. The molecule has 0 fully saturated rings. The van der Waals surface area contributed by atoms with Gasteiger partial charge in [0.15, 0.2) is 0 Å². The van der Waals surface area contributed by atoms with Gasteiger partial charge in [-0.2, -0.15) is 0 Å². The number of nitro groups is 1. The molecule has 0 bridgehead atoms. The minimum atomic E-state index is -0.527. The van der Waals surface area contributed by atoms with E-state index in [-0.39, 0.29) is 24.7 Å². The molecule has 0 atom stereocenters. The van der Waals surface area contributed by atoms with Gasteiger partial charge in [0.25, 0.3) is 5.69 Å². The van der Waals surface area contributed by atoms with Crippen LogP contribution in [0.25, 0.3) is 11.1 Å². The highest BCUT2D eigenvalue weighted by molar-refractivity contribution is 5.94. The van der Waals surface area contributed by atoms with Gasteiger partial charge in [0.05, 0.1) is 17.8 Å². The van der Waals surface area contributed by atoms with E-state index in [1.54, 1.807) is 43.3 Å². The number of nitrogens with zero attached hydrogens (tertiary/aromatic N) is 1. The fourth-order valence-electron chi connectivity index (χ4n) is 2.57. The molecule has 0 aliphatic heterocycles. The van der Waals surface area contributed by atoms with E-state index in [4.69, 9.17) is 13.9 Å². The number of ether oxygens (including phenoxy) is 2. The average Bonchev–Trinajstić information content (AvgIpc) is 3.17. The summed E-state index contributed by atoms with van der Waals surface area (Å²) in [6.45, 7) is 2.16. The van der Waals surface area contributed by atoms with Gasteiger partial charge in [-0.25, -0.2) is 4.79 Å². The van der Waals surface area contributed by atoms with Gasteiger partial charge >= 0.3 is 5.97 Å². The third-order valence-electron chi connectivity index (χ3n) is 3.80. The van der Waals surface area contributed by atoms with Crippen molar-refractivity contribution in [2.75, 3.05) is 6.61 Å². The van der Waals surface area contributed by atoms with Crippen molar-refractivity contribution in [2.45, 2.75) is 13.5 Å². The SMILES string of the molecule is CCOC(=O)c1occc1-c1cccc(OCc2cccc([N+](=O)[O-])c2)c1. The Labute approximate surface area is 155 Å². The Balaban J connectivity index is 1.77. The Hall–Kier alpha value is -3.61. The molecule has 0 aliphatic carbocycles. The summed E-state index contributed by atoms with van der Waals surface area (Å²) in [5.74, 6) is 0.170. The Morgan fingerprint density at radius 1 is 1.15 bits per heavy atom. The molecule has 0 saturated carbocycles. The van der Waals surface area contributed by atoms with Crippen LogP contribution >= 0.6 is 0 Å². The second kappa shape index (κ2) is 8.18. The van der Waals surface area contributed by atoms with E-state index in [0.29, 0.717) is 16.9 Å². The molecule has 0 amide bonds. The number of carbonyl (C=O) groups excluding carboxylic acids is 1. The number of esters is 1. The van der Waals surface area contributed by atoms with Crippen LogP contribution in [0.5, 0.6) is 5.75 Å². The molecule has 1 aromatic heterocycles. The van der Waals surface area contributed by atoms with Crippen LogP contribution in [0.15, 0.2) is 65.3 Å². The molecule has 138 valence electrons. The summed E-state index contributed by atoms with van der Waals surface area (Å²) >= 11 is 0. The normalized spacial score (nSPS) is 10.4. The fourth-order valence-corrected chi connectivity index (χ4v) is 2.57. The quantitative estimate of drug-likeness (QED) is 0.344. The lowest BCUT2D eigenvalue weighted by Crippen LogP contribution is -2.04. The molecule has 7 nitrogen and oxygen atoms in total. The zero-order chi connectivity index (χ0) is 19.2. The van der Waals surface area contributed by atoms with Crippen LogP contribution in [-0.2, 0) is 11.3 Å². The Morgan fingerprint density at radius 3 is 2.74 bits per heavy atom. The smallest absolute Gasteiger partial charge is 0.374 e. The van der Waals surface area contributed by atoms with Crippen molar-refractivity contribution in [3.8, 4) is 16.9 Å². The van der Waals surface area contributed by atoms with Crippen molar-refractivity contribution in [1.29, 1.82) is 0 Å². The molecular weight excluding hydrogens is 350 g/mol. The van der Waals surface area contributed by atoms with Gasteiger partial charge < -0.3 is 13.9 Å². The number of furan rings is 1. The number of rotatable bonds is 7. The Bertz CT molecular complexity index is 962. The van der Waals surface area contributed by atoms with Crippen LogP contribution in [0, 0.1) is 10.1 Å². The monoisotopic (exact) mass is 367 g/mol. The number of non-ortho nitro benzene ring substituents is 1. The summed E-state index contributed by atoms with van der Waals surface area (Å²) in [5.41, 5.74) is 2.05. The number of benzene rings is 2. The van der Waals surface area contributed by atoms with Gasteiger partial charge in [0.1, 0.15) is 12.4 Å². The first-order valence-electron chi connectivity index (χ1n) is 8.29. The number of nitro benzene ring substituents is 1. The molecule has 3 aromatic rings. The highest BCUT2D eigenvalue weighted by Crippen LogP contribution is 2.29. The molecule has 1 heterocycles. The summed E-state index contributed by atoms with van der Waals surface area (Å²) in [6, 6.07) is 15.1. The second-order valence-corrected chi connectivity index (χ2v) is 5.63. The first-order chi connectivity index (χ1) is 13.1. The number of hydrogen-bond acceptors (Lipinski definition) is 6. The molecule has 3 rings (SSSR count). The topological polar surface area (TPSA) is 91.8 Å². The van der Waals surface area contributed by atoms with Crippen LogP contribution in [0.2, 0.25) is 0 Å². The highest BCUT2D eigenvalue weighted by Gasteiger charge is 2.18. The first kappa shape index (κ1) is 18.2. The standard InChI is InChI=1S/C20H17NO6/c1-2-25-20(22)19-18(9-10-26-19)15-6-4-8-17(12-15)27-13-14-5-3-7-16(11-14)21(23)24/h3-12H,2,13H2,1H3. The highest BCUT2D eigenvalue weighted by atomic mass is 16.6. The average molecular weight is 367 g/mol. The predicted octanol–water partition coefficient (Wildman–Crippen LogP) is 4.61. The van der Waals surface area contributed by atoms with Gasteiger partial charge in [0, 0.05) is 17.7 Å². The molecule has 0 radical (unpaired) electrons. The van der Waals surface area contributed by atoms with Crippen LogP contribution in [0.4, 0.5) is 5.69 Å². The summed E-state index contributed by atoms with van der Waals surface area (Å²) in [4.78, 5) is 22.4. The van der Waals surface area contributed by atoms with Crippen molar-refractivity contribution in [2.24, 2.45) is 0 Å². The van der Waals surface area contributed by atoms with E-state index >= 15 is 0 Å². The zero-order valence-electron chi connectivity index (χ0n) is 14.6. The molecule has 27 heavy (non-hydrogen) atoms. The van der Waals surface area contributed by atoms with E-state index in [9.17, 15) is 14.9 Å². The molecule has 0 spiro atoms. The van der Waals surface area contributed by atoms with E-state index in [1.165, 1.54) is 18.4 Å². The maximum absolute atomic E-state index is 12.0. The molecular formula is C20H17NO6. The summed E-state index contributed by atoms with van der Waals surface area (Å²) < 4.78 is 16.0. The van der Waals surface area contributed by atoms with Crippen molar-refractivity contribution in [3.63, 3.8) is 0 Å². The number of hydrogen-bond donors (Lipinski definition) is 0. The fraction of sp³-hybridized carbons (Fsp3) is 0.150. The third-order valence-corrected chi connectivity index (χ3v) is 3.80. The Morgan fingerprint density at radius 2 is 1.96 bits per heavy atom. The minimum Gasteiger partial charge on any atom is -0.489 e. The van der Waals surface area contributed by atoms with Crippen LogP contribution < -0.4 is 4.74 Å². The molecule has 0 N–H and O–H groups in total. The summed E-state index contributed by atoms with van der Waals surface area (Å²) in [6.07, 6.45) is 1.43. The summed E-state index contributed by atoms with van der Waals surface area (Å²) in [5, 5.41) is 10.9. The molecule has 2 aromatic carbocycles. The second-order valence-electron chi connectivity index (χ2n) is 5.63. The van der Waals surface area contributed by atoms with Crippen molar-refractivity contribution in [1.82, 2.24) is 0 Å². The van der Waals surface area contributed by atoms with Gasteiger partial charge in [-0.3, -0.25) is 10.1 Å². The van der Waals surface area contributed by atoms with Gasteiger partial charge in [0.2, 0.25) is 5.76 Å². The lowest BCUT2D eigenvalue weighted by molar-refractivity contribution is -0.384. The number of carbonyl (C=O) groups is 1. The lowest BCUT2D eigenvalue weighted by atomic mass is 10.1. The molecule has 0 unspecified atom stereocenters. The first-order valence-corrected chi connectivity index (χ1v) is 8.29. The van der Waals surface area contributed by atoms with Crippen molar-refractivity contribution in [3.05, 3.63) is 82.3 Å². The van der Waals surface area contributed by atoms with Gasteiger partial charge in [-0.15, -0.1) is 0 Å². The van der Waals surface area contributed by atoms with Crippen LogP contribution in [-0.4, -0.2) is 17.5 Å². The maximum atomic E-state index is 12.0. The van der Waals surface area contributed by atoms with Crippen LogP contribution in [0.3, 0.4) is 0 Å². The minimum absolute atomic E-state index is 0.0160. The Kier molecular flexibility index (Phi) is 5.51. The van der Waals surface area contributed by atoms with Crippen LogP contribution in [0.1, 0.15) is 23.0 Å². The van der Waals surface area contributed by atoms with E-state index in [0.717, 1.165) is 5.56 Å². The van der Waals surface area contributed by atoms with E-state index in [2.05, 4.69) is 0 Å². The third kappa shape index (κ3) is 4.33. The van der Waals surface area contributed by atoms with E-state index in [1.807, 2.05) is 6.07 Å². The van der Waals surface area contributed by atoms with Gasteiger partial charge in [-0.05, 0) is 36.2 Å². The largest absolute Gasteiger partial charge is 0.489 e. The molecule has 0 aliphatic rings. The van der Waals surface area contributed by atoms with E-state index < -0.39 is 10.9 Å². The summed E-state index contributed by atoms with van der Waals surface area (Å²) in [7, 11) is 0.